The number of imidazole rings is 1. The summed E-state index contributed by atoms with van der Waals surface area (Å²) in [5.41, 5.74) is 1.42. The van der Waals surface area contributed by atoms with Crippen molar-refractivity contribution in [2.24, 2.45) is 0 Å². The normalized spacial score (nSPS) is 16.5. The summed E-state index contributed by atoms with van der Waals surface area (Å²) in [7, 11) is 0. The van der Waals surface area contributed by atoms with Gasteiger partial charge in [-0.1, -0.05) is 23.2 Å². The molecule has 1 fully saturated rings. The van der Waals surface area contributed by atoms with E-state index < -0.39 is 5.97 Å². The van der Waals surface area contributed by atoms with Crippen LogP contribution in [0.2, 0.25) is 10.0 Å². The van der Waals surface area contributed by atoms with Crippen LogP contribution in [0.25, 0.3) is 11.0 Å². The minimum Gasteiger partial charge on any atom is -0.480 e. The first-order valence-electron chi connectivity index (χ1n) is 6.84. The van der Waals surface area contributed by atoms with Gasteiger partial charge in [0, 0.05) is 5.92 Å². The Balaban J connectivity index is 2.14. The van der Waals surface area contributed by atoms with E-state index in [0.717, 1.165) is 37.3 Å². The number of carboxylic acid groups (broad SMARTS) is 1. The van der Waals surface area contributed by atoms with Crippen molar-refractivity contribution in [2.45, 2.75) is 25.3 Å². The second-order valence-electron chi connectivity index (χ2n) is 5.23. The van der Waals surface area contributed by atoms with E-state index in [1.807, 2.05) is 0 Å². The first-order chi connectivity index (χ1) is 10.1. The molecule has 0 saturated carbocycles. The molecule has 1 aliphatic rings. The van der Waals surface area contributed by atoms with Crippen molar-refractivity contribution in [3.63, 3.8) is 0 Å². The Morgan fingerprint density at radius 3 is 2.67 bits per heavy atom. The summed E-state index contributed by atoms with van der Waals surface area (Å²) in [6.45, 7) is 1.72. The molecule has 0 unspecified atom stereocenters. The molecule has 0 spiro atoms. The van der Waals surface area contributed by atoms with Gasteiger partial charge in [0.25, 0.3) is 0 Å². The minimum absolute atomic E-state index is 0.117. The van der Waals surface area contributed by atoms with Crippen molar-refractivity contribution in [3.05, 3.63) is 28.0 Å². The number of hydrogen-bond acceptors (Lipinski definition) is 3. The maximum Gasteiger partial charge on any atom is 0.323 e. The van der Waals surface area contributed by atoms with Gasteiger partial charge < -0.3 is 15.0 Å². The number of rotatable bonds is 3. The van der Waals surface area contributed by atoms with Crippen molar-refractivity contribution in [2.75, 3.05) is 13.1 Å². The summed E-state index contributed by atoms with van der Waals surface area (Å²) in [6, 6.07) is 3.39. The molecule has 1 saturated heterocycles. The van der Waals surface area contributed by atoms with Gasteiger partial charge in [0.2, 0.25) is 0 Å². The highest BCUT2D eigenvalue weighted by atomic mass is 35.5. The highest BCUT2D eigenvalue weighted by molar-refractivity contribution is 6.42. The van der Waals surface area contributed by atoms with Gasteiger partial charge in [-0.3, -0.25) is 4.79 Å². The van der Waals surface area contributed by atoms with Gasteiger partial charge in [-0.15, -0.1) is 0 Å². The van der Waals surface area contributed by atoms with E-state index in [4.69, 9.17) is 23.2 Å². The number of benzene rings is 1. The quantitative estimate of drug-likeness (QED) is 0.909. The summed E-state index contributed by atoms with van der Waals surface area (Å²) in [5.74, 6) is 0.179. The largest absolute Gasteiger partial charge is 0.480 e. The molecule has 2 heterocycles. The highest BCUT2D eigenvalue weighted by Gasteiger charge is 2.23. The van der Waals surface area contributed by atoms with Crippen molar-refractivity contribution in [1.82, 2.24) is 14.9 Å². The molecule has 0 bridgehead atoms. The van der Waals surface area contributed by atoms with E-state index in [9.17, 15) is 9.90 Å². The molecule has 1 aromatic carbocycles. The van der Waals surface area contributed by atoms with Crippen LogP contribution >= 0.6 is 23.2 Å². The minimum atomic E-state index is -0.893. The Kier molecular flexibility index (Phi) is 4.06. The van der Waals surface area contributed by atoms with Gasteiger partial charge in [0.1, 0.15) is 12.4 Å². The van der Waals surface area contributed by atoms with E-state index in [1.54, 1.807) is 16.7 Å². The molecule has 112 valence electrons. The summed E-state index contributed by atoms with van der Waals surface area (Å²) in [4.78, 5) is 15.8. The van der Waals surface area contributed by atoms with E-state index in [0.29, 0.717) is 15.6 Å². The smallest absolute Gasteiger partial charge is 0.323 e. The fraction of sp³-hybridized carbons (Fsp3) is 0.429. The van der Waals surface area contributed by atoms with Crippen LogP contribution in [0.5, 0.6) is 0 Å². The van der Waals surface area contributed by atoms with E-state index in [1.165, 1.54) is 0 Å². The number of carbonyl (C=O) groups is 1. The summed E-state index contributed by atoms with van der Waals surface area (Å²) in [6.07, 6.45) is 1.90. The molecule has 0 atom stereocenters. The number of hydrogen-bond donors (Lipinski definition) is 2. The second kappa shape index (κ2) is 5.83. The summed E-state index contributed by atoms with van der Waals surface area (Å²) in [5, 5.41) is 13.3. The number of piperidine rings is 1. The van der Waals surface area contributed by atoms with E-state index in [2.05, 4.69) is 10.3 Å². The first-order valence-corrected chi connectivity index (χ1v) is 7.59. The fourth-order valence-corrected chi connectivity index (χ4v) is 3.15. The average Bonchev–Trinajstić information content (AvgIpc) is 2.78. The monoisotopic (exact) mass is 327 g/mol. The zero-order valence-corrected chi connectivity index (χ0v) is 12.8. The third-order valence-corrected chi connectivity index (χ3v) is 4.54. The number of fused-ring (bicyclic) bond motifs is 1. The van der Waals surface area contributed by atoms with Crippen molar-refractivity contribution < 1.29 is 9.90 Å². The van der Waals surface area contributed by atoms with Crippen LogP contribution in [0.15, 0.2) is 12.1 Å². The maximum atomic E-state index is 11.2. The van der Waals surface area contributed by atoms with Gasteiger partial charge in [0.15, 0.2) is 0 Å². The van der Waals surface area contributed by atoms with Crippen LogP contribution in [0.1, 0.15) is 24.6 Å². The second-order valence-corrected chi connectivity index (χ2v) is 6.04. The molecule has 1 aliphatic heterocycles. The molecule has 2 N–H and O–H groups in total. The van der Waals surface area contributed by atoms with E-state index in [-0.39, 0.29) is 12.5 Å². The average molecular weight is 328 g/mol. The van der Waals surface area contributed by atoms with Gasteiger partial charge in [-0.2, -0.15) is 0 Å². The molecular formula is C14H15Cl2N3O2. The molecule has 0 aliphatic carbocycles. The van der Waals surface area contributed by atoms with Crippen molar-refractivity contribution >= 4 is 40.2 Å². The Morgan fingerprint density at radius 1 is 1.33 bits per heavy atom. The van der Waals surface area contributed by atoms with Gasteiger partial charge in [0.05, 0.1) is 21.1 Å². The number of nitrogens with one attached hydrogen (secondary N) is 1. The molecular weight excluding hydrogens is 313 g/mol. The summed E-state index contributed by atoms with van der Waals surface area (Å²) < 4.78 is 1.75. The maximum absolute atomic E-state index is 11.2. The topological polar surface area (TPSA) is 67.2 Å². The standard InChI is InChI=1S/C14H15Cl2N3O2/c15-9-5-11-12(6-10(9)16)19(7-13(20)21)14(18-11)8-1-3-17-4-2-8/h5-6,8,17H,1-4,7H2,(H,20,21). The van der Waals surface area contributed by atoms with Crippen LogP contribution < -0.4 is 5.32 Å². The number of aliphatic carboxylic acids is 1. The zero-order valence-electron chi connectivity index (χ0n) is 11.3. The lowest BCUT2D eigenvalue weighted by Gasteiger charge is -2.22. The predicted octanol–water partition coefficient (Wildman–Crippen LogP) is 2.89. The lowest BCUT2D eigenvalue weighted by atomic mass is 9.97. The Morgan fingerprint density at radius 2 is 2.00 bits per heavy atom. The fourth-order valence-electron chi connectivity index (χ4n) is 2.83. The zero-order chi connectivity index (χ0) is 15.0. The van der Waals surface area contributed by atoms with E-state index >= 15 is 0 Å². The van der Waals surface area contributed by atoms with Crippen molar-refractivity contribution in [1.29, 1.82) is 0 Å². The molecule has 3 rings (SSSR count). The molecule has 2 aromatic rings. The van der Waals surface area contributed by atoms with Crippen LogP contribution in [0, 0.1) is 0 Å². The van der Waals surface area contributed by atoms with Crippen LogP contribution in [-0.4, -0.2) is 33.7 Å². The SMILES string of the molecule is O=C(O)Cn1c(C2CCNCC2)nc2cc(Cl)c(Cl)cc21. The molecule has 1 aromatic heterocycles. The van der Waals surface area contributed by atoms with Crippen molar-refractivity contribution in [3.8, 4) is 0 Å². The summed E-state index contributed by atoms with van der Waals surface area (Å²) >= 11 is 12.1. The number of aromatic nitrogens is 2. The third-order valence-electron chi connectivity index (χ3n) is 3.82. The first kappa shape index (κ1) is 14.6. The highest BCUT2D eigenvalue weighted by Crippen LogP contribution is 2.32. The number of carboxylic acids is 1. The van der Waals surface area contributed by atoms with Gasteiger partial charge in [-0.25, -0.2) is 4.98 Å². The Hall–Kier alpha value is -1.30. The predicted molar refractivity (Wildman–Crippen MR) is 82.2 cm³/mol. The molecule has 7 heteroatoms. The molecule has 5 nitrogen and oxygen atoms in total. The Labute approximate surface area is 131 Å². The van der Waals surface area contributed by atoms with Gasteiger partial charge >= 0.3 is 5.97 Å². The molecule has 0 radical (unpaired) electrons. The van der Waals surface area contributed by atoms with Crippen LogP contribution in [0.4, 0.5) is 0 Å². The Bertz CT molecular complexity index is 693. The number of nitrogens with zero attached hydrogens (tertiary/aromatic N) is 2. The molecule has 0 amide bonds. The third kappa shape index (κ3) is 2.86. The van der Waals surface area contributed by atoms with Gasteiger partial charge in [-0.05, 0) is 38.1 Å². The lowest BCUT2D eigenvalue weighted by Crippen LogP contribution is -2.28. The van der Waals surface area contributed by atoms with Crippen LogP contribution in [0.3, 0.4) is 0 Å². The lowest BCUT2D eigenvalue weighted by molar-refractivity contribution is -0.137. The van der Waals surface area contributed by atoms with Crippen LogP contribution in [-0.2, 0) is 11.3 Å². The number of halogens is 2. The molecule has 21 heavy (non-hydrogen) atoms.